The van der Waals surface area contributed by atoms with Gasteiger partial charge in [0.1, 0.15) is 18.2 Å². The first-order chi connectivity index (χ1) is 9.75. The Labute approximate surface area is 135 Å². The first-order valence-electron chi connectivity index (χ1n) is 5.89. The van der Waals surface area contributed by atoms with Crippen molar-refractivity contribution < 1.29 is 17.5 Å². The molecule has 2 aromatic rings. The summed E-state index contributed by atoms with van der Waals surface area (Å²) >= 11 is 3.21. The van der Waals surface area contributed by atoms with Gasteiger partial charge in [0, 0.05) is 15.2 Å². The molecule has 7 heteroatoms. The number of hydrogen-bond donors (Lipinski definition) is 0. The van der Waals surface area contributed by atoms with Gasteiger partial charge >= 0.3 is 0 Å². The van der Waals surface area contributed by atoms with Crippen LogP contribution < -0.4 is 4.74 Å². The lowest BCUT2D eigenvalue weighted by Crippen LogP contribution is -1.99. The van der Waals surface area contributed by atoms with Crippen LogP contribution in [0.3, 0.4) is 0 Å². The SMILES string of the molecule is Cc1cc(OCc2cc(F)cc(Br)c2)ccc1S(=O)(=O)Cl. The third-order valence-corrected chi connectivity index (χ3v) is 4.68. The van der Waals surface area contributed by atoms with Crippen molar-refractivity contribution in [1.29, 1.82) is 0 Å². The molecule has 0 atom stereocenters. The molecule has 0 spiro atoms. The van der Waals surface area contributed by atoms with E-state index in [-0.39, 0.29) is 17.3 Å². The number of ether oxygens (including phenoxy) is 1. The molecule has 112 valence electrons. The molecule has 0 aliphatic carbocycles. The second-order valence-electron chi connectivity index (χ2n) is 4.43. The molecule has 0 radical (unpaired) electrons. The predicted octanol–water partition coefficient (Wildman–Crippen LogP) is 4.40. The molecule has 0 aliphatic rings. The number of hydrogen-bond acceptors (Lipinski definition) is 3. The highest BCUT2D eigenvalue weighted by atomic mass is 79.9. The zero-order chi connectivity index (χ0) is 15.6. The maximum atomic E-state index is 13.2. The van der Waals surface area contributed by atoms with E-state index in [2.05, 4.69) is 15.9 Å². The molecule has 0 amide bonds. The van der Waals surface area contributed by atoms with E-state index in [1.165, 1.54) is 24.3 Å². The standard InChI is InChI=1S/C14H11BrClFO3S/c1-9-4-13(2-3-14(9)21(16,18)19)20-8-10-5-11(15)7-12(17)6-10/h2-7H,8H2,1H3. The molecule has 0 saturated carbocycles. The van der Waals surface area contributed by atoms with Crippen LogP contribution in [0.25, 0.3) is 0 Å². The van der Waals surface area contributed by atoms with Crippen molar-refractivity contribution >= 4 is 35.7 Å². The number of halogens is 3. The lowest BCUT2D eigenvalue weighted by molar-refractivity contribution is 0.305. The van der Waals surface area contributed by atoms with Gasteiger partial charge in [-0.15, -0.1) is 0 Å². The van der Waals surface area contributed by atoms with Gasteiger partial charge in [0.2, 0.25) is 0 Å². The predicted molar refractivity (Wildman–Crippen MR) is 82.6 cm³/mol. The highest BCUT2D eigenvalue weighted by Gasteiger charge is 2.13. The average molecular weight is 394 g/mol. The summed E-state index contributed by atoms with van der Waals surface area (Å²) in [5, 5.41) is 0. The van der Waals surface area contributed by atoms with E-state index in [0.717, 1.165) is 0 Å². The summed E-state index contributed by atoms with van der Waals surface area (Å²) in [5.41, 5.74) is 1.15. The highest BCUT2D eigenvalue weighted by molar-refractivity contribution is 9.10. The molecule has 0 aliphatic heterocycles. The van der Waals surface area contributed by atoms with Crippen LogP contribution in [0.4, 0.5) is 4.39 Å². The lowest BCUT2D eigenvalue weighted by atomic mass is 10.2. The van der Waals surface area contributed by atoms with Gasteiger partial charge in [-0.05, 0) is 54.4 Å². The molecule has 0 aromatic heterocycles. The highest BCUT2D eigenvalue weighted by Crippen LogP contribution is 2.25. The molecule has 0 bridgehead atoms. The van der Waals surface area contributed by atoms with Gasteiger partial charge in [-0.2, -0.15) is 0 Å². The summed E-state index contributed by atoms with van der Waals surface area (Å²) in [5.74, 6) is 0.125. The Morgan fingerprint density at radius 3 is 2.52 bits per heavy atom. The second kappa shape index (κ2) is 6.34. The summed E-state index contributed by atoms with van der Waals surface area (Å²) in [6.07, 6.45) is 0. The lowest BCUT2D eigenvalue weighted by Gasteiger charge is -2.09. The zero-order valence-corrected chi connectivity index (χ0v) is 14.1. The van der Waals surface area contributed by atoms with E-state index in [4.69, 9.17) is 15.4 Å². The van der Waals surface area contributed by atoms with Crippen molar-refractivity contribution in [3.05, 3.63) is 57.8 Å². The normalized spacial score (nSPS) is 11.4. The molecule has 0 unspecified atom stereocenters. The van der Waals surface area contributed by atoms with Crippen LogP contribution >= 0.6 is 26.6 Å². The smallest absolute Gasteiger partial charge is 0.261 e. The Morgan fingerprint density at radius 1 is 1.24 bits per heavy atom. The van der Waals surface area contributed by atoms with Gasteiger partial charge < -0.3 is 4.74 Å². The average Bonchev–Trinajstić information content (AvgIpc) is 2.33. The van der Waals surface area contributed by atoms with Gasteiger partial charge in [-0.3, -0.25) is 0 Å². The first kappa shape index (κ1) is 16.3. The minimum atomic E-state index is -3.77. The fourth-order valence-corrected chi connectivity index (χ4v) is 3.55. The van der Waals surface area contributed by atoms with Crippen LogP contribution in [0.15, 0.2) is 45.8 Å². The third-order valence-electron chi connectivity index (χ3n) is 2.74. The fourth-order valence-electron chi connectivity index (χ4n) is 1.85. The van der Waals surface area contributed by atoms with E-state index in [1.807, 2.05) is 0 Å². The third kappa shape index (κ3) is 4.43. The minimum Gasteiger partial charge on any atom is -0.489 e. The van der Waals surface area contributed by atoms with Crippen molar-refractivity contribution in [2.45, 2.75) is 18.4 Å². The molecule has 2 aromatic carbocycles. The van der Waals surface area contributed by atoms with E-state index < -0.39 is 9.05 Å². The molecule has 2 rings (SSSR count). The Kier molecular flexibility index (Phi) is 4.91. The van der Waals surface area contributed by atoms with Crippen LogP contribution in [-0.4, -0.2) is 8.42 Å². The maximum absolute atomic E-state index is 13.2. The van der Waals surface area contributed by atoms with Crippen molar-refractivity contribution in [1.82, 2.24) is 0 Å². The van der Waals surface area contributed by atoms with Gasteiger partial charge in [-0.25, -0.2) is 12.8 Å². The number of rotatable bonds is 4. The van der Waals surface area contributed by atoms with Gasteiger partial charge in [-0.1, -0.05) is 15.9 Å². The molecular formula is C14H11BrClFO3S. The van der Waals surface area contributed by atoms with Crippen LogP contribution in [0.5, 0.6) is 5.75 Å². The molecule has 3 nitrogen and oxygen atoms in total. The van der Waals surface area contributed by atoms with Crippen molar-refractivity contribution in [2.24, 2.45) is 0 Å². The van der Waals surface area contributed by atoms with Crippen LogP contribution in [0.2, 0.25) is 0 Å². The van der Waals surface area contributed by atoms with Crippen LogP contribution in [0.1, 0.15) is 11.1 Å². The summed E-state index contributed by atoms with van der Waals surface area (Å²) < 4.78 is 42.0. The Bertz CT molecular complexity index is 758. The first-order valence-corrected chi connectivity index (χ1v) is 8.99. The summed E-state index contributed by atoms with van der Waals surface area (Å²) in [6, 6.07) is 8.94. The van der Waals surface area contributed by atoms with Crippen molar-refractivity contribution in [3.8, 4) is 5.75 Å². The second-order valence-corrected chi connectivity index (χ2v) is 7.88. The summed E-state index contributed by atoms with van der Waals surface area (Å²) in [7, 11) is 1.54. The summed E-state index contributed by atoms with van der Waals surface area (Å²) in [6.45, 7) is 1.80. The van der Waals surface area contributed by atoms with Crippen molar-refractivity contribution in [2.75, 3.05) is 0 Å². The van der Waals surface area contributed by atoms with Gasteiger partial charge in [0.25, 0.3) is 9.05 Å². The molecule has 0 N–H and O–H groups in total. The fraction of sp³-hybridized carbons (Fsp3) is 0.143. The van der Waals surface area contributed by atoms with Gasteiger partial charge in [0.15, 0.2) is 0 Å². The minimum absolute atomic E-state index is 0.0463. The largest absolute Gasteiger partial charge is 0.489 e. The molecule has 0 saturated heterocycles. The number of benzene rings is 2. The van der Waals surface area contributed by atoms with Crippen molar-refractivity contribution in [3.63, 3.8) is 0 Å². The monoisotopic (exact) mass is 392 g/mol. The van der Waals surface area contributed by atoms with Crippen LogP contribution in [-0.2, 0) is 15.7 Å². The Balaban J connectivity index is 2.16. The van der Waals surface area contributed by atoms with Crippen LogP contribution in [0, 0.1) is 12.7 Å². The molecular weight excluding hydrogens is 383 g/mol. The van der Waals surface area contributed by atoms with Gasteiger partial charge in [0.05, 0.1) is 4.90 Å². The van der Waals surface area contributed by atoms with E-state index >= 15 is 0 Å². The molecule has 21 heavy (non-hydrogen) atoms. The Morgan fingerprint density at radius 2 is 1.95 bits per heavy atom. The maximum Gasteiger partial charge on any atom is 0.261 e. The topological polar surface area (TPSA) is 43.4 Å². The zero-order valence-electron chi connectivity index (χ0n) is 10.9. The Hall–Kier alpha value is -1.11. The molecule has 0 fully saturated rings. The van der Waals surface area contributed by atoms with E-state index in [0.29, 0.717) is 21.3 Å². The van der Waals surface area contributed by atoms with E-state index in [1.54, 1.807) is 19.1 Å². The summed E-state index contributed by atoms with van der Waals surface area (Å²) in [4.78, 5) is 0.0463. The molecule has 0 heterocycles. The quantitative estimate of drug-likeness (QED) is 0.723. The number of aryl methyl sites for hydroxylation is 1. The van der Waals surface area contributed by atoms with E-state index in [9.17, 15) is 12.8 Å².